The van der Waals surface area contributed by atoms with Crippen molar-refractivity contribution in [2.75, 3.05) is 14.2 Å². The number of rotatable bonds is 7. The summed E-state index contributed by atoms with van der Waals surface area (Å²) in [5.41, 5.74) is -18.3. The van der Waals surface area contributed by atoms with Crippen molar-refractivity contribution in [3.8, 4) is 0 Å². The molecule has 0 aliphatic heterocycles. The molecular weight excluding hydrogens is 734 g/mol. The fourth-order valence-electron chi connectivity index (χ4n) is 4.88. The van der Waals surface area contributed by atoms with Crippen LogP contribution in [0.5, 0.6) is 0 Å². The molecule has 0 N–H and O–H groups in total. The van der Waals surface area contributed by atoms with E-state index in [0.29, 0.717) is 0 Å². The van der Waals surface area contributed by atoms with Gasteiger partial charge >= 0.3 is 37.1 Å². The lowest BCUT2D eigenvalue weighted by molar-refractivity contribution is -0.424. The molecule has 1 aliphatic rings. The zero-order valence-corrected chi connectivity index (χ0v) is 26.4. The minimum Gasteiger partial charge on any atom is -0.364 e. The minimum absolute atomic E-state index is 0.101. The third-order valence-electron chi connectivity index (χ3n) is 7.24. The zero-order valence-electron chi connectivity index (χ0n) is 26.4. The van der Waals surface area contributed by atoms with Gasteiger partial charge in [-0.2, -0.15) is 79.0 Å². The summed E-state index contributed by atoms with van der Waals surface area (Å²) >= 11 is 0. The highest BCUT2D eigenvalue weighted by Gasteiger charge is 2.87. The van der Waals surface area contributed by atoms with Gasteiger partial charge in [-0.25, -0.2) is 0 Å². The summed E-state index contributed by atoms with van der Waals surface area (Å²) in [5, 5.41) is 0. The second-order valence-electron chi connectivity index (χ2n) is 9.59. The van der Waals surface area contributed by atoms with E-state index in [2.05, 4.69) is 29.2 Å². The number of halogens is 18. The summed E-state index contributed by atoms with van der Waals surface area (Å²) in [4.78, 5) is 0. The molecule has 2 nitrogen and oxygen atoms in total. The summed E-state index contributed by atoms with van der Waals surface area (Å²) < 4.78 is 240. The molecule has 50 heavy (non-hydrogen) atoms. The van der Waals surface area contributed by atoms with Crippen LogP contribution in [0.4, 0.5) is 79.0 Å². The molecule has 0 saturated carbocycles. The molecule has 0 amide bonds. The number of hydrogen-bond acceptors (Lipinski definition) is 2. The second kappa shape index (κ2) is 16.9. The first-order valence-corrected chi connectivity index (χ1v) is 13.5. The Morgan fingerprint density at radius 1 is 0.660 bits per heavy atom. The van der Waals surface area contributed by atoms with Crippen molar-refractivity contribution in [2.45, 2.75) is 74.9 Å². The van der Waals surface area contributed by atoms with Crippen molar-refractivity contribution in [3.05, 3.63) is 79.9 Å². The van der Waals surface area contributed by atoms with Gasteiger partial charge in [0.15, 0.2) is 0 Å². The van der Waals surface area contributed by atoms with Crippen LogP contribution >= 0.6 is 0 Å². The topological polar surface area (TPSA) is 18.5 Å². The molecular formula is C30H32F18O2. The van der Waals surface area contributed by atoms with Gasteiger partial charge < -0.3 is 9.47 Å². The fraction of sp³-hybridized carbons (Fsp3) is 0.533. The van der Waals surface area contributed by atoms with E-state index < -0.39 is 78.0 Å². The number of ether oxygens (including phenoxy) is 2. The van der Waals surface area contributed by atoms with Gasteiger partial charge in [-0.15, -0.1) is 6.58 Å². The highest BCUT2D eigenvalue weighted by atomic mass is 19.4. The fourth-order valence-corrected chi connectivity index (χ4v) is 4.88. The molecule has 0 radical (unpaired) electrons. The molecule has 0 heterocycles. The minimum atomic E-state index is -6.32. The third-order valence-corrected chi connectivity index (χ3v) is 7.24. The predicted octanol–water partition coefficient (Wildman–Crippen LogP) is 12.2. The SMILES string of the molecule is C=CCC(C(F)(F)F)(C(F)(F)F)C(C=C)(OC)C(F)(F)F.C=Cc1ccccc1.CC.COC1(C(F)(F)F)C=CCC1(C(F)(F)F)C(F)(F)F. The Balaban J connectivity index is 0. The molecule has 1 aromatic carbocycles. The van der Waals surface area contributed by atoms with Crippen molar-refractivity contribution in [2.24, 2.45) is 10.8 Å². The van der Waals surface area contributed by atoms with Crippen LogP contribution in [0, 0.1) is 10.8 Å². The van der Waals surface area contributed by atoms with E-state index >= 15 is 0 Å². The maximum absolute atomic E-state index is 13.1. The lowest BCUT2D eigenvalue weighted by atomic mass is 9.67. The standard InChI is InChI=1S/C11H11F9O.C9H7F9O.C8H8.C2H6/c1-4-6-7(9(12,13)14,10(15,16)17)8(5-2,21-3)11(18,19)20;1-19-6(9(16,17)18)4-2-3-5(6,7(10,11)12)8(13,14)15;1-2-8-6-4-3-5-7-8;1-2/h4-5H,1-2,6H2,3H3;2,4H,3H2,1H3;2-7H,1H2;1-2H3. The average Bonchev–Trinajstić information content (AvgIpc) is 3.41. The Bertz CT molecular complexity index is 1210. The van der Waals surface area contributed by atoms with Crippen LogP contribution in [0.3, 0.4) is 0 Å². The molecule has 0 bridgehead atoms. The van der Waals surface area contributed by atoms with E-state index in [9.17, 15) is 79.0 Å². The predicted molar refractivity (Wildman–Crippen MR) is 147 cm³/mol. The largest absolute Gasteiger partial charge is 0.422 e. The third kappa shape index (κ3) is 8.65. The summed E-state index contributed by atoms with van der Waals surface area (Å²) in [6, 6.07) is 10.0. The molecule has 1 aliphatic carbocycles. The molecule has 0 spiro atoms. The Morgan fingerprint density at radius 3 is 1.28 bits per heavy atom. The van der Waals surface area contributed by atoms with Gasteiger partial charge in [0.25, 0.3) is 0 Å². The van der Waals surface area contributed by atoms with Gasteiger partial charge in [-0.05, 0) is 30.6 Å². The summed E-state index contributed by atoms with van der Waals surface area (Å²) in [5.74, 6) is 0. The van der Waals surface area contributed by atoms with Gasteiger partial charge in [-0.3, -0.25) is 0 Å². The lowest BCUT2D eigenvalue weighted by Crippen LogP contribution is -2.70. The Labute approximate surface area is 275 Å². The molecule has 2 rings (SSSR count). The molecule has 20 heteroatoms. The number of benzene rings is 1. The zero-order chi connectivity index (χ0) is 40.5. The van der Waals surface area contributed by atoms with Gasteiger partial charge in [0.2, 0.25) is 22.0 Å². The van der Waals surface area contributed by atoms with Gasteiger partial charge in [0.05, 0.1) is 0 Å². The van der Waals surface area contributed by atoms with Crippen LogP contribution in [-0.2, 0) is 9.47 Å². The first kappa shape index (κ1) is 49.0. The van der Waals surface area contributed by atoms with Crippen LogP contribution in [0.2, 0.25) is 0 Å². The Morgan fingerprint density at radius 2 is 1.08 bits per heavy atom. The normalized spacial score (nSPS) is 19.3. The average molecular weight is 767 g/mol. The van der Waals surface area contributed by atoms with E-state index in [1.54, 1.807) is 0 Å². The van der Waals surface area contributed by atoms with Crippen molar-refractivity contribution >= 4 is 6.08 Å². The van der Waals surface area contributed by atoms with Gasteiger partial charge in [0.1, 0.15) is 0 Å². The van der Waals surface area contributed by atoms with Crippen LogP contribution < -0.4 is 0 Å². The first-order chi connectivity index (χ1) is 22.4. The molecule has 1 aromatic rings. The van der Waals surface area contributed by atoms with Crippen LogP contribution in [0.25, 0.3) is 6.08 Å². The van der Waals surface area contributed by atoms with E-state index in [-0.39, 0.29) is 32.4 Å². The molecule has 2 atom stereocenters. The summed E-state index contributed by atoms with van der Waals surface area (Å²) in [6.45, 7) is 12.8. The van der Waals surface area contributed by atoms with Crippen LogP contribution in [0.1, 0.15) is 32.3 Å². The van der Waals surface area contributed by atoms with Crippen molar-refractivity contribution in [3.63, 3.8) is 0 Å². The molecule has 290 valence electrons. The maximum atomic E-state index is 13.1. The van der Waals surface area contributed by atoms with E-state index in [4.69, 9.17) is 0 Å². The second-order valence-corrected chi connectivity index (χ2v) is 9.59. The van der Waals surface area contributed by atoms with E-state index in [0.717, 1.165) is 0 Å². The van der Waals surface area contributed by atoms with Crippen molar-refractivity contribution in [1.29, 1.82) is 0 Å². The number of hydrogen-bond donors (Lipinski definition) is 0. The van der Waals surface area contributed by atoms with Gasteiger partial charge in [-0.1, -0.05) is 75.6 Å². The Kier molecular flexibility index (Phi) is 16.5. The maximum Gasteiger partial charge on any atom is 0.422 e. The highest BCUT2D eigenvalue weighted by molar-refractivity contribution is 5.45. The van der Waals surface area contributed by atoms with Crippen LogP contribution in [-0.4, -0.2) is 62.5 Å². The molecule has 0 saturated heterocycles. The lowest BCUT2D eigenvalue weighted by Gasteiger charge is -2.49. The van der Waals surface area contributed by atoms with E-state index in [1.165, 1.54) is 5.56 Å². The quantitative estimate of drug-likeness (QED) is 0.203. The molecule has 0 aromatic heterocycles. The van der Waals surface area contributed by atoms with Crippen molar-refractivity contribution < 1.29 is 88.5 Å². The highest BCUT2D eigenvalue weighted by Crippen LogP contribution is 2.67. The summed E-state index contributed by atoms with van der Waals surface area (Å²) in [6.07, 6.45) is -39.5. The van der Waals surface area contributed by atoms with Gasteiger partial charge in [0, 0.05) is 14.2 Å². The molecule has 2 unspecified atom stereocenters. The Hall–Kier alpha value is -3.16. The smallest absolute Gasteiger partial charge is 0.364 e. The van der Waals surface area contributed by atoms with Crippen LogP contribution in [0.15, 0.2) is 74.4 Å². The monoisotopic (exact) mass is 766 g/mol. The number of methoxy groups -OCH3 is 2. The number of allylic oxidation sites excluding steroid dienone is 2. The molecule has 0 fully saturated rings. The first-order valence-electron chi connectivity index (χ1n) is 13.5. The van der Waals surface area contributed by atoms with Crippen molar-refractivity contribution in [1.82, 2.24) is 0 Å². The van der Waals surface area contributed by atoms with E-state index in [1.807, 2.05) is 50.3 Å². The summed E-state index contributed by atoms with van der Waals surface area (Å²) in [7, 11) is 0.264. The number of alkyl halides is 18.